The molecule has 6 nitrogen and oxygen atoms in total. The summed E-state index contributed by atoms with van der Waals surface area (Å²) in [7, 11) is 0. The average Bonchev–Trinajstić information content (AvgIpc) is 2.60. The molecule has 0 aliphatic heterocycles. The van der Waals surface area contributed by atoms with E-state index in [0.29, 0.717) is 5.69 Å². The number of anilines is 1. The first-order valence-electron chi connectivity index (χ1n) is 7.00. The van der Waals surface area contributed by atoms with E-state index in [1.54, 1.807) is 12.1 Å². The molecule has 0 saturated heterocycles. The van der Waals surface area contributed by atoms with E-state index in [1.165, 1.54) is 30.3 Å². The molecule has 2 aromatic rings. The number of esters is 1. The van der Waals surface area contributed by atoms with Crippen LogP contribution in [0, 0.1) is 11.3 Å². The van der Waals surface area contributed by atoms with Crippen LogP contribution in [0.5, 0.6) is 5.75 Å². The molecular formula is C17H12F2N2O4. The number of amides is 1. The summed E-state index contributed by atoms with van der Waals surface area (Å²) in [5.41, 5.74) is 0.515. The van der Waals surface area contributed by atoms with E-state index in [0.717, 1.165) is 6.07 Å². The minimum Gasteiger partial charge on any atom is -0.452 e. The van der Waals surface area contributed by atoms with Crippen molar-refractivity contribution >= 4 is 17.6 Å². The van der Waals surface area contributed by atoms with E-state index < -0.39 is 25.1 Å². The predicted molar refractivity (Wildman–Crippen MR) is 83.1 cm³/mol. The average molecular weight is 346 g/mol. The van der Waals surface area contributed by atoms with Crippen LogP contribution >= 0.6 is 0 Å². The first kappa shape index (κ1) is 17.9. The molecule has 0 spiro atoms. The molecule has 2 rings (SSSR count). The Kier molecular flexibility index (Phi) is 6.01. The summed E-state index contributed by atoms with van der Waals surface area (Å²) in [4.78, 5) is 23.7. The van der Waals surface area contributed by atoms with Crippen molar-refractivity contribution in [3.63, 3.8) is 0 Å². The molecule has 128 valence electrons. The van der Waals surface area contributed by atoms with Crippen molar-refractivity contribution in [2.24, 2.45) is 0 Å². The van der Waals surface area contributed by atoms with Gasteiger partial charge in [0, 0.05) is 0 Å². The second kappa shape index (κ2) is 8.40. The quantitative estimate of drug-likeness (QED) is 0.813. The summed E-state index contributed by atoms with van der Waals surface area (Å²) in [6.45, 7) is -3.62. The van der Waals surface area contributed by atoms with Crippen LogP contribution in [0.3, 0.4) is 0 Å². The van der Waals surface area contributed by atoms with Gasteiger partial charge in [-0.1, -0.05) is 18.2 Å². The number of ether oxygens (including phenoxy) is 2. The molecule has 1 amide bonds. The monoisotopic (exact) mass is 346 g/mol. The molecule has 1 N–H and O–H groups in total. The molecule has 0 radical (unpaired) electrons. The molecule has 0 aliphatic rings. The number of hydrogen-bond acceptors (Lipinski definition) is 5. The van der Waals surface area contributed by atoms with Gasteiger partial charge in [-0.3, -0.25) is 4.79 Å². The molecule has 0 bridgehead atoms. The Morgan fingerprint density at radius 1 is 1.16 bits per heavy atom. The van der Waals surface area contributed by atoms with E-state index >= 15 is 0 Å². The fourth-order valence-electron chi connectivity index (χ4n) is 1.89. The highest BCUT2D eigenvalue weighted by molar-refractivity contribution is 5.96. The number of halogens is 2. The summed E-state index contributed by atoms with van der Waals surface area (Å²) in [5, 5.41) is 11.4. The fourth-order valence-corrected chi connectivity index (χ4v) is 1.89. The van der Waals surface area contributed by atoms with Gasteiger partial charge in [-0.15, -0.1) is 0 Å². The first-order chi connectivity index (χ1) is 12.0. The number of carbonyl (C=O) groups excluding carboxylic acids is 2. The van der Waals surface area contributed by atoms with Crippen molar-refractivity contribution in [3.8, 4) is 11.8 Å². The topological polar surface area (TPSA) is 88.4 Å². The van der Waals surface area contributed by atoms with Crippen LogP contribution in [0.1, 0.15) is 15.9 Å². The Bertz CT molecular complexity index is 818. The van der Waals surface area contributed by atoms with Gasteiger partial charge in [-0.25, -0.2) is 4.79 Å². The maximum absolute atomic E-state index is 12.2. The minimum absolute atomic E-state index is 0.0385. The van der Waals surface area contributed by atoms with Crippen LogP contribution in [-0.2, 0) is 9.53 Å². The largest absolute Gasteiger partial charge is 0.452 e. The number of para-hydroxylation sites is 1. The fraction of sp³-hybridized carbons (Fsp3) is 0.118. The smallest absolute Gasteiger partial charge is 0.387 e. The molecule has 0 unspecified atom stereocenters. The molecule has 0 atom stereocenters. The lowest BCUT2D eigenvalue weighted by atomic mass is 10.2. The van der Waals surface area contributed by atoms with Crippen LogP contribution in [0.15, 0.2) is 48.5 Å². The molecule has 0 fully saturated rings. The Hall–Kier alpha value is -3.47. The number of benzene rings is 2. The van der Waals surface area contributed by atoms with E-state index in [4.69, 9.17) is 10.00 Å². The van der Waals surface area contributed by atoms with Gasteiger partial charge in [0.2, 0.25) is 0 Å². The first-order valence-corrected chi connectivity index (χ1v) is 7.00. The lowest BCUT2D eigenvalue weighted by Crippen LogP contribution is -2.21. The molecular weight excluding hydrogens is 334 g/mol. The highest BCUT2D eigenvalue weighted by Gasteiger charge is 2.13. The van der Waals surface area contributed by atoms with Gasteiger partial charge < -0.3 is 14.8 Å². The standard InChI is InChI=1S/C17H12F2N2O4/c18-17(19)25-13-6-3-5-11(8-13)16(23)24-10-15(22)21-14-7-2-1-4-12(14)9-20/h1-8,17H,10H2,(H,21,22). The second-order valence-electron chi connectivity index (χ2n) is 4.69. The number of nitrogens with one attached hydrogen (secondary N) is 1. The summed E-state index contributed by atoms with van der Waals surface area (Å²) in [6, 6.07) is 13.3. The summed E-state index contributed by atoms with van der Waals surface area (Å²) < 4.78 is 33.3. The number of rotatable bonds is 6. The molecule has 8 heteroatoms. The molecule has 0 aliphatic carbocycles. The third-order valence-corrected chi connectivity index (χ3v) is 2.95. The Balaban J connectivity index is 1.93. The van der Waals surface area contributed by atoms with Gasteiger partial charge in [0.15, 0.2) is 6.61 Å². The number of hydrogen-bond donors (Lipinski definition) is 1. The van der Waals surface area contributed by atoms with Crippen molar-refractivity contribution in [1.82, 2.24) is 0 Å². The van der Waals surface area contributed by atoms with Gasteiger partial charge >= 0.3 is 12.6 Å². The van der Waals surface area contributed by atoms with Crippen LogP contribution in [0.2, 0.25) is 0 Å². The summed E-state index contributed by atoms with van der Waals surface area (Å²) in [6.07, 6.45) is 0. The molecule has 0 aromatic heterocycles. The maximum Gasteiger partial charge on any atom is 0.387 e. The number of nitrogens with zero attached hydrogens (tertiary/aromatic N) is 1. The molecule has 2 aromatic carbocycles. The van der Waals surface area contributed by atoms with E-state index in [-0.39, 0.29) is 16.9 Å². The van der Waals surface area contributed by atoms with Gasteiger partial charge in [-0.05, 0) is 30.3 Å². The van der Waals surface area contributed by atoms with Gasteiger partial charge in [0.25, 0.3) is 5.91 Å². The minimum atomic E-state index is -3.02. The zero-order valence-electron chi connectivity index (χ0n) is 12.7. The summed E-state index contributed by atoms with van der Waals surface area (Å²) in [5.74, 6) is -1.71. The Labute approximate surface area is 141 Å². The lowest BCUT2D eigenvalue weighted by molar-refractivity contribution is -0.119. The van der Waals surface area contributed by atoms with Crippen molar-refractivity contribution in [1.29, 1.82) is 5.26 Å². The van der Waals surface area contributed by atoms with E-state index in [9.17, 15) is 18.4 Å². The van der Waals surface area contributed by atoms with Crippen LogP contribution in [0.25, 0.3) is 0 Å². The predicted octanol–water partition coefficient (Wildman–Crippen LogP) is 2.96. The Morgan fingerprint density at radius 3 is 2.64 bits per heavy atom. The highest BCUT2D eigenvalue weighted by atomic mass is 19.3. The third kappa shape index (κ3) is 5.28. The lowest BCUT2D eigenvalue weighted by Gasteiger charge is -2.09. The zero-order valence-corrected chi connectivity index (χ0v) is 12.7. The molecule has 0 heterocycles. The normalized spacial score (nSPS) is 10.0. The molecule has 0 saturated carbocycles. The zero-order chi connectivity index (χ0) is 18.2. The second-order valence-corrected chi connectivity index (χ2v) is 4.69. The maximum atomic E-state index is 12.2. The number of alkyl halides is 2. The van der Waals surface area contributed by atoms with Crippen LogP contribution in [0.4, 0.5) is 14.5 Å². The third-order valence-electron chi connectivity index (χ3n) is 2.95. The van der Waals surface area contributed by atoms with Crippen LogP contribution in [-0.4, -0.2) is 25.1 Å². The van der Waals surface area contributed by atoms with Crippen molar-refractivity contribution in [2.45, 2.75) is 6.61 Å². The highest BCUT2D eigenvalue weighted by Crippen LogP contribution is 2.17. The van der Waals surface area contributed by atoms with Gasteiger partial charge in [-0.2, -0.15) is 14.0 Å². The Morgan fingerprint density at radius 2 is 1.92 bits per heavy atom. The van der Waals surface area contributed by atoms with Crippen LogP contribution < -0.4 is 10.1 Å². The van der Waals surface area contributed by atoms with Crippen molar-refractivity contribution in [3.05, 3.63) is 59.7 Å². The van der Waals surface area contributed by atoms with E-state index in [2.05, 4.69) is 10.1 Å². The number of nitriles is 1. The SMILES string of the molecule is N#Cc1ccccc1NC(=O)COC(=O)c1cccc(OC(F)F)c1. The van der Waals surface area contributed by atoms with Gasteiger partial charge in [0.1, 0.15) is 11.8 Å². The summed E-state index contributed by atoms with van der Waals surface area (Å²) >= 11 is 0. The number of carbonyl (C=O) groups is 2. The van der Waals surface area contributed by atoms with Crippen molar-refractivity contribution < 1.29 is 27.8 Å². The van der Waals surface area contributed by atoms with Crippen molar-refractivity contribution in [2.75, 3.05) is 11.9 Å². The van der Waals surface area contributed by atoms with E-state index in [1.807, 2.05) is 6.07 Å². The van der Waals surface area contributed by atoms with Gasteiger partial charge in [0.05, 0.1) is 16.8 Å². The molecule has 25 heavy (non-hydrogen) atoms.